The molecule has 4 nitrogen and oxygen atoms in total. The fraction of sp³-hybridized carbons (Fsp3) is 0.176. The predicted molar refractivity (Wildman–Crippen MR) is 76.2 cm³/mol. The molecule has 2 aromatic carbocycles. The van der Waals surface area contributed by atoms with E-state index in [1.54, 1.807) is 36.4 Å². The number of hydrogen-bond donors (Lipinski definition) is 0. The monoisotopic (exact) mass is 282 g/mol. The highest BCUT2D eigenvalue weighted by Crippen LogP contribution is 2.41. The number of para-hydroxylation sites is 1. The Morgan fingerprint density at radius 1 is 1.14 bits per heavy atom. The first-order valence-corrected chi connectivity index (χ1v) is 6.62. The summed E-state index contributed by atoms with van der Waals surface area (Å²) < 4.78 is 10.5. The van der Waals surface area contributed by atoms with Gasteiger partial charge in [-0.05, 0) is 37.6 Å². The van der Waals surface area contributed by atoms with Crippen LogP contribution in [0.3, 0.4) is 0 Å². The van der Waals surface area contributed by atoms with Crippen molar-refractivity contribution in [3.05, 3.63) is 59.7 Å². The molecule has 1 aliphatic rings. The number of carbonyl (C=O) groups excluding carboxylic acids is 2. The number of hydrogen-bond acceptors (Lipinski definition) is 4. The van der Waals surface area contributed by atoms with E-state index in [1.165, 1.54) is 6.92 Å². The fourth-order valence-electron chi connectivity index (χ4n) is 2.33. The van der Waals surface area contributed by atoms with Crippen molar-refractivity contribution in [2.75, 3.05) is 0 Å². The molecule has 0 aliphatic carbocycles. The van der Waals surface area contributed by atoms with E-state index in [-0.39, 0.29) is 0 Å². The smallest absolute Gasteiger partial charge is 0.333 e. The van der Waals surface area contributed by atoms with Crippen molar-refractivity contribution in [1.29, 1.82) is 0 Å². The zero-order valence-electron chi connectivity index (χ0n) is 11.8. The zero-order chi connectivity index (χ0) is 15.0. The van der Waals surface area contributed by atoms with Gasteiger partial charge in [0.1, 0.15) is 11.5 Å². The van der Waals surface area contributed by atoms with Crippen molar-refractivity contribution in [1.82, 2.24) is 0 Å². The predicted octanol–water partition coefficient (Wildman–Crippen LogP) is 2.78. The van der Waals surface area contributed by atoms with Crippen LogP contribution in [0.2, 0.25) is 0 Å². The summed E-state index contributed by atoms with van der Waals surface area (Å²) in [6, 6.07) is 14.0. The molecule has 2 aromatic rings. The van der Waals surface area contributed by atoms with Gasteiger partial charge in [-0.3, -0.25) is 9.59 Å². The van der Waals surface area contributed by atoms with E-state index in [0.29, 0.717) is 17.1 Å². The average molecular weight is 282 g/mol. The Balaban J connectivity index is 1.97. The maximum absolute atomic E-state index is 12.5. The summed E-state index contributed by atoms with van der Waals surface area (Å²) in [5.41, 5.74) is 0.0695. The van der Waals surface area contributed by atoms with Gasteiger partial charge in [-0.1, -0.05) is 30.3 Å². The minimum atomic E-state index is -1.43. The highest BCUT2D eigenvalue weighted by Gasteiger charge is 2.53. The lowest BCUT2D eigenvalue weighted by molar-refractivity contribution is -0.151. The molecular weight excluding hydrogens is 268 g/mol. The molecule has 0 radical (unpaired) electrons. The number of rotatable bonds is 2. The SMILES string of the molecule is Cc1ccc2c(c1)OC(=O)C2(C)C(=O)Oc1ccccc1. The third kappa shape index (κ3) is 2.09. The Morgan fingerprint density at radius 3 is 2.57 bits per heavy atom. The van der Waals surface area contributed by atoms with Crippen LogP contribution in [0.25, 0.3) is 0 Å². The molecule has 0 N–H and O–H groups in total. The molecule has 0 saturated heterocycles. The second-order valence-corrected chi connectivity index (χ2v) is 5.22. The second-order valence-electron chi connectivity index (χ2n) is 5.22. The largest absolute Gasteiger partial charge is 0.425 e. The number of benzene rings is 2. The molecule has 1 heterocycles. The molecule has 4 heteroatoms. The van der Waals surface area contributed by atoms with Gasteiger partial charge >= 0.3 is 11.9 Å². The summed E-state index contributed by atoms with van der Waals surface area (Å²) in [5, 5.41) is 0. The van der Waals surface area contributed by atoms with Crippen molar-refractivity contribution in [2.45, 2.75) is 19.3 Å². The van der Waals surface area contributed by atoms with Crippen LogP contribution in [0, 0.1) is 6.92 Å². The topological polar surface area (TPSA) is 52.6 Å². The van der Waals surface area contributed by atoms with Crippen molar-refractivity contribution in [3.63, 3.8) is 0 Å². The molecule has 106 valence electrons. The summed E-state index contributed by atoms with van der Waals surface area (Å²) >= 11 is 0. The van der Waals surface area contributed by atoms with E-state index in [0.717, 1.165) is 5.56 Å². The van der Waals surface area contributed by atoms with Crippen LogP contribution in [0.1, 0.15) is 18.1 Å². The third-order valence-electron chi connectivity index (χ3n) is 3.65. The lowest BCUT2D eigenvalue weighted by Gasteiger charge is -2.18. The first-order chi connectivity index (χ1) is 10.0. The van der Waals surface area contributed by atoms with Crippen LogP contribution < -0.4 is 9.47 Å². The quantitative estimate of drug-likeness (QED) is 0.483. The van der Waals surface area contributed by atoms with E-state index >= 15 is 0 Å². The Bertz CT molecular complexity index is 721. The normalized spacial score (nSPS) is 19.8. The van der Waals surface area contributed by atoms with Crippen LogP contribution in [-0.2, 0) is 15.0 Å². The van der Waals surface area contributed by atoms with Gasteiger partial charge in [0.2, 0.25) is 0 Å². The van der Waals surface area contributed by atoms with Gasteiger partial charge in [0.25, 0.3) is 0 Å². The highest BCUT2D eigenvalue weighted by molar-refractivity contribution is 6.10. The average Bonchev–Trinajstić information content (AvgIpc) is 2.72. The van der Waals surface area contributed by atoms with Gasteiger partial charge in [-0.2, -0.15) is 0 Å². The highest BCUT2D eigenvalue weighted by atomic mass is 16.6. The van der Waals surface area contributed by atoms with E-state index in [4.69, 9.17) is 9.47 Å². The Hall–Kier alpha value is -2.62. The van der Waals surface area contributed by atoms with Crippen molar-refractivity contribution in [3.8, 4) is 11.5 Å². The summed E-state index contributed by atoms with van der Waals surface area (Å²) in [7, 11) is 0. The molecule has 21 heavy (non-hydrogen) atoms. The van der Waals surface area contributed by atoms with Crippen molar-refractivity contribution < 1.29 is 19.1 Å². The molecule has 0 spiro atoms. The number of esters is 2. The molecule has 1 atom stereocenters. The van der Waals surface area contributed by atoms with E-state index in [2.05, 4.69) is 0 Å². The van der Waals surface area contributed by atoms with Crippen LogP contribution in [0.15, 0.2) is 48.5 Å². The van der Waals surface area contributed by atoms with E-state index in [1.807, 2.05) is 19.1 Å². The Labute approximate surface area is 122 Å². The van der Waals surface area contributed by atoms with Crippen LogP contribution in [0.5, 0.6) is 11.5 Å². The maximum atomic E-state index is 12.5. The van der Waals surface area contributed by atoms with Gasteiger partial charge in [0, 0.05) is 5.56 Å². The molecule has 3 rings (SSSR count). The first-order valence-electron chi connectivity index (χ1n) is 6.62. The maximum Gasteiger partial charge on any atom is 0.333 e. The minimum absolute atomic E-state index is 0.400. The van der Waals surface area contributed by atoms with Gasteiger partial charge in [-0.25, -0.2) is 0 Å². The lowest BCUT2D eigenvalue weighted by atomic mass is 9.83. The van der Waals surface area contributed by atoms with Gasteiger partial charge in [0.15, 0.2) is 5.41 Å². The zero-order valence-corrected chi connectivity index (χ0v) is 11.8. The van der Waals surface area contributed by atoms with Gasteiger partial charge in [0.05, 0.1) is 0 Å². The molecule has 0 bridgehead atoms. The molecule has 1 unspecified atom stereocenters. The van der Waals surface area contributed by atoms with Crippen LogP contribution >= 0.6 is 0 Å². The van der Waals surface area contributed by atoms with Gasteiger partial charge in [-0.15, -0.1) is 0 Å². The number of fused-ring (bicyclic) bond motifs is 1. The first kappa shape index (κ1) is 13.4. The lowest BCUT2D eigenvalue weighted by Crippen LogP contribution is -2.41. The van der Waals surface area contributed by atoms with Crippen LogP contribution in [-0.4, -0.2) is 11.9 Å². The van der Waals surface area contributed by atoms with E-state index in [9.17, 15) is 9.59 Å². The van der Waals surface area contributed by atoms with Crippen LogP contribution in [0.4, 0.5) is 0 Å². The Morgan fingerprint density at radius 2 is 1.86 bits per heavy atom. The van der Waals surface area contributed by atoms with Gasteiger partial charge < -0.3 is 9.47 Å². The summed E-state index contributed by atoms with van der Waals surface area (Å²) in [5.74, 6) is -0.421. The molecule has 0 saturated carbocycles. The third-order valence-corrected chi connectivity index (χ3v) is 3.65. The standard InChI is InChI=1S/C17H14O4/c1-11-8-9-13-14(10-11)21-16(19)17(13,2)15(18)20-12-6-4-3-5-7-12/h3-10H,1-2H3. The number of carbonyl (C=O) groups is 2. The number of ether oxygens (including phenoxy) is 2. The van der Waals surface area contributed by atoms with Crippen molar-refractivity contribution in [2.24, 2.45) is 0 Å². The molecule has 0 fully saturated rings. The summed E-state index contributed by atoms with van der Waals surface area (Å²) in [6.07, 6.45) is 0. The summed E-state index contributed by atoms with van der Waals surface area (Å²) in [4.78, 5) is 24.6. The molecular formula is C17H14O4. The Kier molecular flexibility index (Phi) is 3.01. The fourth-order valence-corrected chi connectivity index (χ4v) is 2.33. The second kappa shape index (κ2) is 4.74. The molecule has 1 aliphatic heterocycles. The molecule has 0 amide bonds. The van der Waals surface area contributed by atoms with E-state index < -0.39 is 17.4 Å². The minimum Gasteiger partial charge on any atom is -0.425 e. The molecule has 0 aromatic heterocycles. The number of aryl methyl sites for hydroxylation is 1. The summed E-state index contributed by atoms with van der Waals surface area (Å²) in [6.45, 7) is 3.42. The van der Waals surface area contributed by atoms with Crippen molar-refractivity contribution >= 4 is 11.9 Å².